The van der Waals surface area contributed by atoms with Gasteiger partial charge in [-0.1, -0.05) is 6.92 Å². The number of hydrogen-bond acceptors (Lipinski definition) is 7. The fourth-order valence-corrected chi connectivity index (χ4v) is 5.84. The highest BCUT2D eigenvalue weighted by molar-refractivity contribution is 6.09. The molecule has 3 aliphatic carbocycles. The smallest absolute Gasteiger partial charge is 0.387 e. The number of nitrogens with zero attached hydrogens (tertiary/aromatic N) is 3. The van der Waals surface area contributed by atoms with Crippen LogP contribution in [0.5, 0.6) is 5.75 Å². The van der Waals surface area contributed by atoms with Gasteiger partial charge in [-0.2, -0.15) is 8.78 Å². The normalized spacial score (nSPS) is 32.8. The SMILES string of the molecule is CC12CC(N3CCOCC3)C[C@H]1[C@@H]2C(N)=CC(=NCC1CC1)c1cnc(N)c(OC(F)F)c1. The highest BCUT2D eigenvalue weighted by Gasteiger charge is 2.67. The van der Waals surface area contributed by atoms with Crippen molar-refractivity contribution in [2.45, 2.75) is 45.3 Å². The van der Waals surface area contributed by atoms with Gasteiger partial charge >= 0.3 is 6.61 Å². The van der Waals surface area contributed by atoms with E-state index in [4.69, 9.17) is 21.2 Å². The van der Waals surface area contributed by atoms with Gasteiger partial charge in [0.2, 0.25) is 0 Å². The Morgan fingerprint density at radius 2 is 2.15 bits per heavy atom. The third-order valence-corrected chi connectivity index (χ3v) is 7.89. The predicted molar refractivity (Wildman–Crippen MR) is 122 cm³/mol. The Bertz CT molecular complexity index is 945. The minimum Gasteiger partial charge on any atom is -0.431 e. The van der Waals surface area contributed by atoms with Crippen molar-refractivity contribution in [1.29, 1.82) is 0 Å². The first-order valence-electron chi connectivity index (χ1n) is 11.9. The monoisotopic (exact) mass is 461 g/mol. The second-order valence-electron chi connectivity index (χ2n) is 10.1. The molecule has 4 fully saturated rings. The molecule has 0 amide bonds. The second kappa shape index (κ2) is 8.83. The first-order chi connectivity index (χ1) is 15.8. The summed E-state index contributed by atoms with van der Waals surface area (Å²) in [5.74, 6) is 1.25. The summed E-state index contributed by atoms with van der Waals surface area (Å²) in [4.78, 5) is 11.4. The number of anilines is 1. The van der Waals surface area contributed by atoms with Crippen LogP contribution < -0.4 is 16.2 Å². The largest absolute Gasteiger partial charge is 0.431 e. The van der Waals surface area contributed by atoms with Crippen molar-refractivity contribution in [2.75, 3.05) is 38.6 Å². The Balaban J connectivity index is 1.33. The Morgan fingerprint density at radius 1 is 1.39 bits per heavy atom. The van der Waals surface area contributed by atoms with Gasteiger partial charge in [-0.05, 0) is 55.1 Å². The maximum absolute atomic E-state index is 12.8. The molecular formula is C24H33F2N5O2. The standard InChI is InChI=1S/C24H33F2N5O2/c1-24-11-16(31-4-6-32-7-5-31)9-17(24)21(24)18(27)10-19(29-12-14-2-3-14)15-8-20(33-23(25)26)22(28)30-13-15/h8,10,13-14,16-17,21,23H,2-7,9,11-12,27H2,1H3,(H2,28,30)/t16?,17-,21+,24?/m0/s1. The van der Waals surface area contributed by atoms with Crippen molar-refractivity contribution >= 4 is 11.5 Å². The van der Waals surface area contributed by atoms with Crippen LogP contribution in [0.4, 0.5) is 14.6 Å². The van der Waals surface area contributed by atoms with Crippen molar-refractivity contribution in [3.8, 4) is 5.75 Å². The van der Waals surface area contributed by atoms with Crippen LogP contribution in [0.25, 0.3) is 0 Å². The lowest BCUT2D eigenvalue weighted by molar-refractivity contribution is -0.0495. The van der Waals surface area contributed by atoms with Crippen molar-refractivity contribution in [2.24, 2.45) is 33.9 Å². The van der Waals surface area contributed by atoms with Crippen molar-refractivity contribution in [3.05, 3.63) is 29.6 Å². The van der Waals surface area contributed by atoms with E-state index in [2.05, 4.69) is 21.5 Å². The van der Waals surface area contributed by atoms with Gasteiger partial charge in [-0.15, -0.1) is 0 Å². The van der Waals surface area contributed by atoms with Crippen LogP contribution in [0.3, 0.4) is 0 Å². The number of allylic oxidation sites excluding steroid dienone is 2. The van der Waals surface area contributed by atoms with Crippen LogP contribution in [0.2, 0.25) is 0 Å². The van der Waals surface area contributed by atoms with E-state index in [0.717, 1.165) is 44.8 Å². The lowest BCUT2D eigenvalue weighted by Gasteiger charge is -2.34. The molecule has 5 rings (SSSR count). The van der Waals surface area contributed by atoms with E-state index in [0.29, 0.717) is 41.6 Å². The first-order valence-corrected chi connectivity index (χ1v) is 11.9. The zero-order valence-electron chi connectivity index (χ0n) is 19.1. The summed E-state index contributed by atoms with van der Waals surface area (Å²) in [6.07, 6.45) is 8.09. The van der Waals surface area contributed by atoms with E-state index in [9.17, 15) is 8.78 Å². The highest BCUT2D eigenvalue weighted by Crippen LogP contribution is 2.70. The van der Waals surface area contributed by atoms with Crippen LogP contribution in [-0.2, 0) is 4.74 Å². The molecule has 4 N–H and O–H groups in total. The van der Waals surface area contributed by atoms with Gasteiger partial charge in [-0.3, -0.25) is 9.89 Å². The molecule has 4 aliphatic rings. The predicted octanol–water partition coefficient (Wildman–Crippen LogP) is 3.05. The third kappa shape index (κ3) is 4.71. The second-order valence-corrected chi connectivity index (χ2v) is 10.1. The maximum Gasteiger partial charge on any atom is 0.387 e. The van der Waals surface area contributed by atoms with E-state index in [1.54, 1.807) is 6.20 Å². The number of pyridine rings is 1. The quantitative estimate of drug-likeness (QED) is 0.578. The van der Waals surface area contributed by atoms with Crippen molar-refractivity contribution in [1.82, 2.24) is 9.88 Å². The summed E-state index contributed by atoms with van der Waals surface area (Å²) < 4.78 is 35.6. The maximum atomic E-state index is 12.8. The molecule has 2 unspecified atom stereocenters. The summed E-state index contributed by atoms with van der Waals surface area (Å²) in [6, 6.07) is 2.08. The zero-order valence-corrected chi connectivity index (χ0v) is 19.1. The zero-order chi connectivity index (χ0) is 23.2. The molecule has 1 saturated heterocycles. The number of aliphatic imine (C=N–C) groups is 1. The van der Waals surface area contributed by atoms with Crippen LogP contribution in [-0.4, -0.2) is 61.1 Å². The molecule has 180 valence electrons. The molecule has 9 heteroatoms. The van der Waals surface area contributed by atoms with E-state index < -0.39 is 6.61 Å². The molecule has 4 atom stereocenters. The van der Waals surface area contributed by atoms with Crippen molar-refractivity contribution < 1.29 is 18.3 Å². The number of morpholine rings is 1. The minimum atomic E-state index is -2.97. The van der Waals surface area contributed by atoms with Gasteiger partial charge in [0.1, 0.15) is 0 Å². The average Bonchev–Trinajstić information content (AvgIpc) is 3.68. The Kier molecular flexibility index (Phi) is 6.03. The lowest BCUT2D eigenvalue weighted by Crippen LogP contribution is -2.43. The summed E-state index contributed by atoms with van der Waals surface area (Å²) in [7, 11) is 0. The molecule has 1 aliphatic heterocycles. The first kappa shape index (κ1) is 22.5. The fourth-order valence-electron chi connectivity index (χ4n) is 5.84. The molecule has 0 bridgehead atoms. The van der Waals surface area contributed by atoms with Crippen LogP contribution in [0.15, 0.2) is 29.0 Å². The van der Waals surface area contributed by atoms with E-state index >= 15 is 0 Å². The van der Waals surface area contributed by atoms with Crippen LogP contribution in [0.1, 0.15) is 38.2 Å². The molecule has 0 aromatic carbocycles. The molecule has 0 radical (unpaired) electrons. The van der Waals surface area contributed by atoms with Crippen LogP contribution >= 0.6 is 0 Å². The highest BCUT2D eigenvalue weighted by atomic mass is 19.3. The minimum absolute atomic E-state index is 0.0732. The number of hydrogen-bond donors (Lipinski definition) is 2. The number of rotatable bonds is 8. The summed E-state index contributed by atoms with van der Waals surface area (Å²) in [5.41, 5.74) is 14.6. The number of nitrogens with two attached hydrogens (primary N) is 2. The number of fused-ring (bicyclic) bond motifs is 1. The van der Waals surface area contributed by atoms with Gasteiger partial charge < -0.3 is 20.9 Å². The topological polar surface area (TPSA) is 99.0 Å². The van der Waals surface area contributed by atoms with Gasteiger partial charge in [0, 0.05) is 49.1 Å². The van der Waals surface area contributed by atoms with Crippen molar-refractivity contribution in [3.63, 3.8) is 0 Å². The fraction of sp³-hybridized carbons (Fsp3) is 0.667. The molecule has 1 aromatic rings. The van der Waals surface area contributed by atoms with Gasteiger partial charge in [0.15, 0.2) is 11.6 Å². The number of aromatic nitrogens is 1. The van der Waals surface area contributed by atoms with Gasteiger partial charge in [0.25, 0.3) is 0 Å². The molecule has 3 saturated carbocycles. The number of alkyl halides is 2. The van der Waals surface area contributed by atoms with E-state index in [1.807, 2.05) is 6.08 Å². The van der Waals surface area contributed by atoms with Crippen LogP contribution in [0, 0.1) is 23.2 Å². The Labute approximate surface area is 193 Å². The Morgan fingerprint density at radius 3 is 2.79 bits per heavy atom. The Hall–Kier alpha value is -2.26. The molecule has 2 heterocycles. The third-order valence-electron chi connectivity index (χ3n) is 7.89. The number of halogens is 2. The molecule has 33 heavy (non-hydrogen) atoms. The summed E-state index contributed by atoms with van der Waals surface area (Å²) in [6.45, 7) is 3.71. The lowest BCUT2D eigenvalue weighted by atomic mass is 9.95. The number of nitrogen functional groups attached to an aromatic ring is 1. The van der Waals surface area contributed by atoms with Gasteiger partial charge in [-0.25, -0.2) is 4.98 Å². The number of ether oxygens (including phenoxy) is 2. The molecule has 0 spiro atoms. The molecule has 1 aromatic heterocycles. The molecule has 7 nitrogen and oxygen atoms in total. The molecular weight excluding hydrogens is 428 g/mol. The van der Waals surface area contributed by atoms with E-state index in [-0.39, 0.29) is 17.0 Å². The van der Waals surface area contributed by atoms with Gasteiger partial charge in [0.05, 0.1) is 18.9 Å². The van der Waals surface area contributed by atoms with E-state index in [1.165, 1.54) is 18.9 Å². The summed E-state index contributed by atoms with van der Waals surface area (Å²) in [5, 5.41) is 0. The average molecular weight is 462 g/mol. The summed E-state index contributed by atoms with van der Waals surface area (Å²) >= 11 is 0.